The molecular formula is C32H28F2O2Zr. The molecule has 0 aliphatic heterocycles. The van der Waals surface area contributed by atoms with Gasteiger partial charge in [0.2, 0.25) is 0 Å². The molecule has 6 rings (SSSR count). The predicted molar refractivity (Wildman–Crippen MR) is 145 cm³/mol. The van der Waals surface area contributed by atoms with Gasteiger partial charge in [-0.3, -0.25) is 0 Å². The minimum absolute atomic E-state index is 0. The molecule has 37 heavy (non-hydrogen) atoms. The van der Waals surface area contributed by atoms with Gasteiger partial charge in [-0.25, -0.2) is 8.78 Å². The number of phenolic OH excluding ortho intramolecular Hbond substituents is 2. The van der Waals surface area contributed by atoms with Crippen LogP contribution >= 0.6 is 0 Å². The Labute approximate surface area is 235 Å². The normalized spacial score (nSPS) is 9.62. The summed E-state index contributed by atoms with van der Waals surface area (Å²) < 4.78 is 24.1. The Hall–Kier alpha value is -3.56. The second-order valence-corrected chi connectivity index (χ2v) is 8.11. The number of halogens is 2. The molecule has 0 bridgehead atoms. The molecule has 0 spiro atoms. The minimum atomic E-state index is -0.576. The number of phenols is 2. The van der Waals surface area contributed by atoms with Crippen molar-refractivity contribution in [1.29, 1.82) is 0 Å². The van der Waals surface area contributed by atoms with Crippen LogP contribution in [0.2, 0.25) is 0 Å². The third kappa shape index (κ3) is 8.80. The molecule has 0 saturated heterocycles. The number of aryl methyl sites for hydroxylation is 2. The summed E-state index contributed by atoms with van der Waals surface area (Å²) >= 11 is 0. The zero-order valence-corrected chi connectivity index (χ0v) is 23.2. The molecule has 0 heterocycles. The first-order valence-corrected chi connectivity index (χ1v) is 11.5. The van der Waals surface area contributed by atoms with Gasteiger partial charge in [0.1, 0.15) is 0 Å². The summed E-state index contributed by atoms with van der Waals surface area (Å²) in [6, 6.07) is 36.7. The molecule has 0 fully saturated rings. The standard InChI is InChI=1S/2C10H9.2C6H5FO.Zr/c2*1-8-6-7-9-4-2-3-5-10(8)9;2*7-5-3-1-2-4-6(5)8;/h2*2-7H,1H3;2*1-4,8H;/q2*-1;;;+2. The van der Waals surface area contributed by atoms with E-state index in [9.17, 15) is 8.78 Å². The molecule has 0 atom stereocenters. The Kier molecular flexibility index (Phi) is 11.9. The molecule has 0 saturated carbocycles. The molecule has 6 aromatic carbocycles. The molecule has 0 radical (unpaired) electrons. The van der Waals surface area contributed by atoms with Crippen molar-refractivity contribution in [3.05, 3.63) is 144 Å². The van der Waals surface area contributed by atoms with E-state index in [0.29, 0.717) is 0 Å². The van der Waals surface area contributed by atoms with Crippen LogP contribution in [0.25, 0.3) is 21.5 Å². The summed E-state index contributed by atoms with van der Waals surface area (Å²) in [5, 5.41) is 22.5. The summed E-state index contributed by atoms with van der Waals surface area (Å²) in [5.41, 5.74) is 2.74. The van der Waals surface area contributed by atoms with Gasteiger partial charge in [-0.2, -0.15) is 24.3 Å². The number of fused-ring (bicyclic) bond motifs is 2. The van der Waals surface area contributed by atoms with E-state index < -0.39 is 11.6 Å². The molecule has 2 nitrogen and oxygen atoms in total. The first-order chi connectivity index (χ1) is 17.4. The maximum atomic E-state index is 12.1. The SMILES string of the molecule is C[c-]1ccc2ccccc21.C[c-]1ccc2ccccc21.Oc1ccccc1F.Oc1ccccc1F.[Zr+2]. The summed E-state index contributed by atoms with van der Waals surface area (Å²) in [6.07, 6.45) is 0. The van der Waals surface area contributed by atoms with E-state index in [4.69, 9.17) is 10.2 Å². The molecule has 0 unspecified atom stereocenters. The van der Waals surface area contributed by atoms with Crippen LogP contribution in [-0.4, -0.2) is 10.2 Å². The summed E-state index contributed by atoms with van der Waals surface area (Å²) in [5.74, 6) is -1.75. The van der Waals surface area contributed by atoms with E-state index in [-0.39, 0.29) is 37.7 Å². The zero-order chi connectivity index (χ0) is 25.9. The van der Waals surface area contributed by atoms with Crippen LogP contribution in [0.3, 0.4) is 0 Å². The summed E-state index contributed by atoms with van der Waals surface area (Å²) in [4.78, 5) is 0. The van der Waals surface area contributed by atoms with Crippen molar-refractivity contribution < 1.29 is 45.2 Å². The fourth-order valence-corrected chi connectivity index (χ4v) is 3.52. The molecule has 2 N–H and O–H groups in total. The number of aromatic hydroxyl groups is 2. The molecule has 0 aliphatic rings. The summed E-state index contributed by atoms with van der Waals surface area (Å²) in [6.45, 7) is 4.28. The average Bonchev–Trinajstić information content (AvgIpc) is 3.47. The van der Waals surface area contributed by atoms with Crippen LogP contribution in [-0.2, 0) is 26.2 Å². The van der Waals surface area contributed by atoms with Gasteiger partial charge < -0.3 is 10.2 Å². The number of hydrogen-bond acceptors (Lipinski definition) is 2. The van der Waals surface area contributed by atoms with Crippen LogP contribution < -0.4 is 0 Å². The molecule has 6 aromatic rings. The van der Waals surface area contributed by atoms with Crippen molar-refractivity contribution >= 4 is 21.5 Å². The van der Waals surface area contributed by atoms with Gasteiger partial charge in [-0.05, 0) is 24.3 Å². The second kappa shape index (κ2) is 14.9. The fourth-order valence-electron chi connectivity index (χ4n) is 3.52. The van der Waals surface area contributed by atoms with Crippen molar-refractivity contribution in [1.82, 2.24) is 0 Å². The van der Waals surface area contributed by atoms with Crippen LogP contribution in [0.4, 0.5) is 8.78 Å². The molecule has 0 amide bonds. The van der Waals surface area contributed by atoms with Gasteiger partial charge >= 0.3 is 26.2 Å². The second-order valence-electron chi connectivity index (χ2n) is 8.11. The number of benzene rings is 4. The Balaban J connectivity index is 0.000000173. The largest absolute Gasteiger partial charge is 2.00 e. The number of rotatable bonds is 0. The number of hydrogen-bond donors (Lipinski definition) is 2. The van der Waals surface area contributed by atoms with Crippen LogP contribution in [0.5, 0.6) is 11.5 Å². The average molecular weight is 574 g/mol. The molecule has 186 valence electrons. The first-order valence-electron chi connectivity index (χ1n) is 11.5. The van der Waals surface area contributed by atoms with Gasteiger partial charge in [-0.1, -0.05) is 50.2 Å². The smallest absolute Gasteiger partial charge is 0.505 e. The van der Waals surface area contributed by atoms with Crippen molar-refractivity contribution in [2.45, 2.75) is 13.8 Å². The van der Waals surface area contributed by atoms with Crippen molar-refractivity contribution in [3.63, 3.8) is 0 Å². The molecule has 5 heteroatoms. The van der Waals surface area contributed by atoms with Crippen molar-refractivity contribution in [2.24, 2.45) is 0 Å². The molecule has 0 aromatic heterocycles. The van der Waals surface area contributed by atoms with Gasteiger partial charge in [0.05, 0.1) is 0 Å². The van der Waals surface area contributed by atoms with Gasteiger partial charge in [0.25, 0.3) is 0 Å². The Bertz CT molecular complexity index is 1360. The third-order valence-electron chi connectivity index (χ3n) is 5.50. The zero-order valence-electron chi connectivity index (χ0n) is 20.7. The monoisotopic (exact) mass is 572 g/mol. The van der Waals surface area contributed by atoms with E-state index in [1.54, 1.807) is 12.1 Å². The van der Waals surface area contributed by atoms with E-state index in [1.807, 2.05) is 0 Å². The Morgan fingerprint density at radius 1 is 0.486 bits per heavy atom. The minimum Gasteiger partial charge on any atom is -0.505 e. The van der Waals surface area contributed by atoms with E-state index in [0.717, 1.165) is 0 Å². The number of para-hydroxylation sites is 2. The fraction of sp³-hybridized carbons (Fsp3) is 0.0625. The quantitative estimate of drug-likeness (QED) is 0.178. The van der Waals surface area contributed by atoms with Crippen molar-refractivity contribution in [2.75, 3.05) is 0 Å². The summed E-state index contributed by atoms with van der Waals surface area (Å²) in [7, 11) is 0. The Morgan fingerprint density at radius 3 is 1.11 bits per heavy atom. The maximum Gasteiger partial charge on any atom is 2.00 e. The Morgan fingerprint density at radius 2 is 0.811 bits per heavy atom. The van der Waals surface area contributed by atoms with Crippen LogP contribution in [0, 0.1) is 25.5 Å². The third-order valence-corrected chi connectivity index (χ3v) is 5.50. The van der Waals surface area contributed by atoms with Crippen LogP contribution in [0.1, 0.15) is 11.1 Å². The molecular weight excluding hydrogens is 546 g/mol. The van der Waals surface area contributed by atoms with Gasteiger partial charge in [-0.15, -0.1) is 69.1 Å². The topological polar surface area (TPSA) is 40.5 Å². The van der Waals surface area contributed by atoms with E-state index in [2.05, 4.69) is 86.6 Å². The van der Waals surface area contributed by atoms with Gasteiger partial charge in [0.15, 0.2) is 23.1 Å². The van der Waals surface area contributed by atoms with E-state index in [1.165, 1.54) is 69.1 Å². The van der Waals surface area contributed by atoms with Crippen LogP contribution in [0.15, 0.2) is 121 Å². The maximum absolute atomic E-state index is 12.1. The van der Waals surface area contributed by atoms with E-state index >= 15 is 0 Å². The van der Waals surface area contributed by atoms with Gasteiger partial charge in [0, 0.05) is 0 Å². The molecule has 0 aliphatic carbocycles. The van der Waals surface area contributed by atoms with Crippen molar-refractivity contribution in [3.8, 4) is 11.5 Å². The predicted octanol–water partition coefficient (Wildman–Crippen LogP) is 8.79. The first kappa shape index (κ1) is 29.7.